The second kappa shape index (κ2) is 38.2. The molecule has 0 radical (unpaired) electrons. The zero-order valence-electron chi connectivity index (χ0n) is 52.9. The molecule has 3 aliphatic heterocycles. The lowest BCUT2D eigenvalue weighted by Crippen LogP contribution is -2.61. The van der Waals surface area contributed by atoms with Gasteiger partial charge >= 0.3 is 0 Å². The number of hydrogen-bond acceptors (Lipinski definition) is 12. The van der Waals surface area contributed by atoms with Gasteiger partial charge in [0.15, 0.2) is 0 Å². The van der Waals surface area contributed by atoms with Crippen LogP contribution >= 0.6 is 24.8 Å². The number of nitrogens with zero attached hydrogens (tertiary/aromatic N) is 2. The highest BCUT2D eigenvalue weighted by Gasteiger charge is 2.43. The molecule has 3 fully saturated rings. The Morgan fingerprint density at radius 1 is 0.375 bits per heavy atom. The lowest BCUT2D eigenvalue weighted by molar-refractivity contribution is -0.143. The van der Waals surface area contributed by atoms with Crippen LogP contribution in [0.15, 0.2) is 60.7 Å². The monoisotopic (exact) mass is 1270 g/mol. The predicted octanol–water partition coefficient (Wildman–Crippen LogP) is 3.63. The minimum absolute atomic E-state index is 0. The fourth-order valence-electron chi connectivity index (χ4n) is 11.6. The number of amides is 10. The van der Waals surface area contributed by atoms with E-state index >= 15 is 0 Å². The SMILES string of the molecule is CC(C)C[C@H]1NC(=O)[C@H](Cc2ccccc2)NC(=O)[C@@H]2CCCN2C(=O)[C@@H](CC(C)C)NC(=O)[C@@H](CCCCN)NC(=O)[C@@H](CC(C)C)NC(=O)[C@H](Cc2ccccc2)NC(=O)[C@@H]2CCCN2C(=O)[C@@H](CC(C)C)NC(=O)[C@@H](CCCCN)NC1=O.Cl.Cl. The maximum Gasteiger partial charge on any atom is 0.245 e. The molecule has 22 nitrogen and oxygen atoms in total. The number of carbonyl (C=O) groups excluding carboxylic acids is 10. The Bertz CT molecular complexity index is 2410. The first-order chi connectivity index (χ1) is 41.0. The van der Waals surface area contributed by atoms with Gasteiger partial charge < -0.3 is 63.8 Å². The second-order valence-corrected chi connectivity index (χ2v) is 25.3. The van der Waals surface area contributed by atoms with Crippen molar-refractivity contribution < 1.29 is 47.9 Å². The van der Waals surface area contributed by atoms with Crippen LogP contribution < -0.4 is 54.0 Å². The zero-order chi connectivity index (χ0) is 63.0. The van der Waals surface area contributed by atoms with E-state index in [-0.39, 0.29) is 126 Å². The van der Waals surface area contributed by atoms with Gasteiger partial charge in [-0.15, -0.1) is 24.8 Å². The lowest BCUT2D eigenvalue weighted by atomic mass is 9.98. The average molecular weight is 1270 g/mol. The van der Waals surface area contributed by atoms with Gasteiger partial charge in [0.2, 0.25) is 59.1 Å². The standard InChI is InChI=1S/C64H100N12O10.2ClH/c1-39(2)33-47-57(79)67-45(25-15-17-29-65)55(77)73-51(35-41(5)6)63(85)76-32-20-28-54(76)62(84)72-50(38-44-23-13-10-14-24-44)60(82)70-48(34-40(3)4)58(80)68-46(26-16-18-30-66)56(78)74-52(36-42(7)8)64(86)75-31-19-27-53(75)61(83)71-49(59(81)69-47)37-43-21-11-9-12-22-43;;/h9-14,21-24,39-42,45-54H,15-20,25-38,65-66H2,1-8H3,(H,67,79)(H,68,80)(H,69,81)(H,70,82)(H,71,83)(H,72,84)(H,73,77)(H,74,78);2*1H/t45-,46-,47-,48-,49+,50+,51-,52-,53+,54+;;/m1../s1. The van der Waals surface area contributed by atoms with Crippen LogP contribution in [0.1, 0.15) is 156 Å². The van der Waals surface area contributed by atoms with Crippen molar-refractivity contribution in [3.63, 3.8) is 0 Å². The van der Waals surface area contributed by atoms with Crippen LogP contribution in [-0.4, -0.2) is 155 Å². The highest BCUT2D eigenvalue weighted by Crippen LogP contribution is 2.24. The van der Waals surface area contributed by atoms with Crippen molar-refractivity contribution in [2.24, 2.45) is 35.1 Å². The number of halogens is 2. The molecule has 0 spiro atoms. The van der Waals surface area contributed by atoms with Crippen LogP contribution in [0.5, 0.6) is 0 Å². The van der Waals surface area contributed by atoms with Gasteiger partial charge in [0.1, 0.15) is 60.4 Å². The molecule has 492 valence electrons. The quantitative estimate of drug-likeness (QED) is 0.0851. The molecule has 0 unspecified atom stereocenters. The topological polar surface area (TPSA) is 325 Å². The summed E-state index contributed by atoms with van der Waals surface area (Å²) in [5.41, 5.74) is 13.2. The van der Waals surface area contributed by atoms with Crippen LogP contribution in [-0.2, 0) is 60.8 Å². The number of fused-ring (bicyclic) bond motifs is 2. The van der Waals surface area contributed by atoms with Crippen LogP contribution in [0.25, 0.3) is 0 Å². The molecular weight excluding hydrogens is 1170 g/mol. The average Bonchev–Trinajstić information content (AvgIpc) is 3.62. The Labute approximate surface area is 533 Å². The van der Waals surface area contributed by atoms with Gasteiger partial charge in [-0.25, -0.2) is 0 Å². The molecule has 2 aromatic carbocycles. The summed E-state index contributed by atoms with van der Waals surface area (Å²) in [5.74, 6) is -6.74. The van der Waals surface area contributed by atoms with Gasteiger partial charge in [-0.3, -0.25) is 47.9 Å². The molecule has 10 amide bonds. The maximum absolute atomic E-state index is 14.9. The Hall–Kier alpha value is -6.36. The summed E-state index contributed by atoms with van der Waals surface area (Å²) in [6.07, 6.45) is 4.26. The normalized spacial score (nSPS) is 25.3. The van der Waals surface area contributed by atoms with Gasteiger partial charge in [-0.1, -0.05) is 116 Å². The van der Waals surface area contributed by atoms with Crippen molar-refractivity contribution in [3.8, 4) is 0 Å². The molecule has 12 N–H and O–H groups in total. The molecule has 10 atom stereocenters. The van der Waals surface area contributed by atoms with Crippen molar-refractivity contribution in [1.29, 1.82) is 0 Å². The van der Waals surface area contributed by atoms with Crippen LogP contribution in [0.4, 0.5) is 0 Å². The van der Waals surface area contributed by atoms with E-state index in [0.717, 1.165) is 0 Å². The number of hydrogen-bond donors (Lipinski definition) is 10. The third-order valence-electron chi connectivity index (χ3n) is 16.0. The van der Waals surface area contributed by atoms with E-state index in [1.54, 1.807) is 48.5 Å². The van der Waals surface area contributed by atoms with Crippen molar-refractivity contribution in [1.82, 2.24) is 52.3 Å². The molecule has 0 saturated carbocycles. The van der Waals surface area contributed by atoms with Gasteiger partial charge in [-0.2, -0.15) is 0 Å². The summed E-state index contributed by atoms with van der Waals surface area (Å²) < 4.78 is 0. The van der Waals surface area contributed by atoms with Crippen molar-refractivity contribution in [2.75, 3.05) is 26.2 Å². The van der Waals surface area contributed by atoms with Crippen LogP contribution in [0, 0.1) is 23.7 Å². The molecule has 3 saturated heterocycles. The van der Waals surface area contributed by atoms with E-state index in [1.165, 1.54) is 9.80 Å². The lowest BCUT2D eigenvalue weighted by Gasteiger charge is -2.32. The first kappa shape index (κ1) is 75.9. The minimum Gasteiger partial charge on any atom is -0.343 e. The van der Waals surface area contributed by atoms with E-state index in [2.05, 4.69) is 42.5 Å². The van der Waals surface area contributed by atoms with Crippen molar-refractivity contribution in [3.05, 3.63) is 71.8 Å². The Balaban J connectivity index is 0.0000101. The van der Waals surface area contributed by atoms with E-state index in [0.29, 0.717) is 62.7 Å². The van der Waals surface area contributed by atoms with Crippen LogP contribution in [0.3, 0.4) is 0 Å². The molecule has 0 bridgehead atoms. The molecule has 5 rings (SSSR count). The third kappa shape index (κ3) is 23.9. The Kier molecular flexibility index (Phi) is 33.0. The number of unbranched alkanes of at least 4 members (excludes halogenated alkanes) is 2. The number of benzene rings is 2. The maximum atomic E-state index is 14.9. The summed E-state index contributed by atoms with van der Waals surface area (Å²) >= 11 is 0. The van der Waals surface area contributed by atoms with E-state index in [4.69, 9.17) is 11.5 Å². The molecule has 0 aliphatic carbocycles. The predicted molar refractivity (Wildman–Crippen MR) is 343 cm³/mol. The first-order valence-corrected chi connectivity index (χ1v) is 31.5. The van der Waals surface area contributed by atoms with Crippen LogP contribution in [0.2, 0.25) is 0 Å². The number of carbonyl (C=O) groups is 10. The first-order valence-electron chi connectivity index (χ1n) is 31.5. The van der Waals surface area contributed by atoms with E-state index in [9.17, 15) is 47.9 Å². The fraction of sp³-hybridized carbons (Fsp3) is 0.656. The highest BCUT2D eigenvalue weighted by atomic mass is 35.5. The highest BCUT2D eigenvalue weighted by molar-refractivity contribution is 6.00. The summed E-state index contributed by atoms with van der Waals surface area (Å²) in [4.78, 5) is 150. The molecule has 3 aliphatic rings. The van der Waals surface area contributed by atoms with Gasteiger partial charge in [0.25, 0.3) is 0 Å². The van der Waals surface area contributed by atoms with Gasteiger partial charge in [0.05, 0.1) is 0 Å². The van der Waals surface area contributed by atoms with Crippen molar-refractivity contribution >= 4 is 83.9 Å². The largest absolute Gasteiger partial charge is 0.343 e. The van der Waals surface area contributed by atoms with E-state index in [1.807, 2.05) is 67.5 Å². The second-order valence-electron chi connectivity index (χ2n) is 25.3. The summed E-state index contributed by atoms with van der Waals surface area (Å²) in [6.45, 7) is 16.1. The summed E-state index contributed by atoms with van der Waals surface area (Å²) in [7, 11) is 0. The molecule has 3 heterocycles. The van der Waals surface area contributed by atoms with E-state index < -0.39 is 119 Å². The minimum atomic E-state index is -1.24. The summed E-state index contributed by atoms with van der Waals surface area (Å²) in [5, 5.41) is 23.3. The fourth-order valence-corrected chi connectivity index (χ4v) is 11.6. The zero-order valence-corrected chi connectivity index (χ0v) is 54.6. The molecular formula is C64H102Cl2N12O10. The Morgan fingerprint density at radius 2 is 0.648 bits per heavy atom. The molecule has 0 aromatic heterocycles. The smallest absolute Gasteiger partial charge is 0.245 e. The number of nitrogens with two attached hydrogens (primary N) is 2. The van der Waals surface area contributed by atoms with Crippen molar-refractivity contribution in [2.45, 2.75) is 219 Å². The number of nitrogens with one attached hydrogen (secondary N) is 8. The molecule has 88 heavy (non-hydrogen) atoms. The Morgan fingerprint density at radius 3 is 0.966 bits per heavy atom. The third-order valence-corrected chi connectivity index (χ3v) is 16.0. The molecule has 2 aromatic rings. The number of rotatable bonds is 20. The van der Waals surface area contributed by atoms with Gasteiger partial charge in [0, 0.05) is 25.9 Å². The summed E-state index contributed by atoms with van der Waals surface area (Å²) in [6, 6.07) is 6.47. The molecule has 24 heteroatoms. The van der Waals surface area contributed by atoms with Gasteiger partial charge in [-0.05, 0) is 138 Å².